The first kappa shape index (κ1) is 74.9. The average molecular weight is 1270 g/mol. The summed E-state index contributed by atoms with van der Waals surface area (Å²) in [5.74, 6) is 0. The second kappa shape index (κ2) is 22.9. The van der Waals surface area contributed by atoms with E-state index in [2.05, 4.69) is 246 Å². The van der Waals surface area contributed by atoms with Crippen molar-refractivity contribution < 1.29 is 58.9 Å². The molecule has 0 aliphatic heterocycles. The van der Waals surface area contributed by atoms with Crippen molar-refractivity contribution in [2.24, 2.45) is 0 Å². The second-order valence-electron chi connectivity index (χ2n) is 32.4. The van der Waals surface area contributed by atoms with Gasteiger partial charge < -0.3 is 37.2 Å². The number of rotatable bonds is 13. The van der Waals surface area contributed by atoms with Gasteiger partial charge in [-0.25, -0.2) is 5.57 Å². The molecule has 1 aliphatic rings. The Bertz CT molecular complexity index is 2450. The Hall–Kier alpha value is 0.893. The Morgan fingerprint density at radius 3 is 0.514 bits per heavy atom. The number of hydrogen-bond donors (Lipinski definition) is 0. The molecular weight excluding hydrogens is 1160 g/mol. The standard InChI is InChI=1S/C60H111Si10.3ClH.Ti/c1-39-38-60(10,47(9)40(39)2)70(57-44(6)51(64(20,21)22)48(61(11,12)13)41(3)54(57)67(29,30)31,58-45(7)52(65(23,24)25)49(62(14,15)16)42(4)55(58)68(32,33)34)59-46(8)53(66(26,27)28)50(63(17,18)19)43(5)56(59)69(35,36)37;;;;/h1-37H3;3*1H;/q-1;;;;+4/p-3. The van der Waals surface area contributed by atoms with E-state index in [9.17, 15) is 0 Å². The van der Waals surface area contributed by atoms with Crippen molar-refractivity contribution in [1.82, 2.24) is 0 Å². The van der Waals surface area contributed by atoms with Crippen LogP contribution in [-0.2, 0) is 21.7 Å². The summed E-state index contributed by atoms with van der Waals surface area (Å²) in [6.45, 7) is 100. The van der Waals surface area contributed by atoms with Gasteiger partial charge in [0.15, 0.2) is 0 Å². The molecule has 0 aromatic heterocycles. The van der Waals surface area contributed by atoms with Crippen LogP contribution in [0.3, 0.4) is 0 Å². The molecule has 1 aliphatic carbocycles. The topological polar surface area (TPSA) is 0 Å². The Kier molecular flexibility index (Phi) is 23.2. The minimum atomic E-state index is -3.50. The van der Waals surface area contributed by atoms with Gasteiger partial charge in [-0.1, -0.05) is 283 Å². The van der Waals surface area contributed by atoms with Crippen LogP contribution in [0.1, 0.15) is 61.1 Å². The van der Waals surface area contributed by atoms with Gasteiger partial charge in [0.25, 0.3) is 0 Å². The van der Waals surface area contributed by atoms with Gasteiger partial charge in [0.05, 0.1) is 72.7 Å². The third kappa shape index (κ3) is 12.6. The predicted molar refractivity (Wildman–Crippen MR) is 358 cm³/mol. The smallest absolute Gasteiger partial charge is 1.00 e. The van der Waals surface area contributed by atoms with E-state index in [1.165, 1.54) is 11.1 Å². The summed E-state index contributed by atoms with van der Waals surface area (Å²) in [4.78, 5) is 0. The quantitative estimate of drug-likeness (QED) is 0.141. The molecule has 416 valence electrons. The molecule has 0 spiro atoms. The van der Waals surface area contributed by atoms with Gasteiger partial charge >= 0.3 is 21.7 Å². The number of benzene rings is 3. The van der Waals surface area contributed by atoms with Gasteiger partial charge in [-0.3, -0.25) is 6.08 Å². The van der Waals surface area contributed by atoms with Crippen LogP contribution < -0.4 is 99.5 Å². The largest absolute Gasteiger partial charge is 4.00 e. The number of halogens is 3. The minimum Gasteiger partial charge on any atom is -1.00 e. The second-order valence-corrected chi connectivity index (χ2v) is 81.4. The van der Waals surface area contributed by atoms with Crippen LogP contribution >= 0.6 is 0 Å². The van der Waals surface area contributed by atoms with Crippen molar-refractivity contribution in [3.63, 3.8) is 0 Å². The first-order valence-corrected chi connectivity index (χ1v) is 61.0. The molecule has 0 saturated heterocycles. The van der Waals surface area contributed by atoms with E-state index in [4.69, 9.17) is 6.08 Å². The van der Waals surface area contributed by atoms with Crippen molar-refractivity contribution in [2.45, 2.75) is 251 Å². The third-order valence-corrected chi connectivity index (χ3v) is 43.7. The van der Waals surface area contributed by atoms with Gasteiger partial charge in [0.1, 0.15) is 8.07 Å². The monoisotopic (exact) mass is 1260 g/mol. The van der Waals surface area contributed by atoms with E-state index in [1.807, 2.05) is 62.2 Å². The summed E-state index contributed by atoms with van der Waals surface area (Å²) in [7, 11) is -21.5. The van der Waals surface area contributed by atoms with Crippen molar-refractivity contribution in [2.75, 3.05) is 0 Å². The van der Waals surface area contributed by atoms with E-state index in [-0.39, 0.29) is 64.0 Å². The number of allylic oxidation sites excluding steroid dienone is 4. The van der Waals surface area contributed by atoms with Crippen molar-refractivity contribution >= 4 is 143 Å². The summed E-state index contributed by atoms with van der Waals surface area (Å²) >= 11 is 0. The predicted octanol–water partition coefficient (Wildman–Crippen LogP) is 2.78. The Morgan fingerprint density at radius 1 is 0.257 bits per heavy atom. The van der Waals surface area contributed by atoms with E-state index in [0.717, 1.165) is 0 Å². The minimum absolute atomic E-state index is 0. The van der Waals surface area contributed by atoms with Crippen LogP contribution in [0.25, 0.3) is 0 Å². The summed E-state index contributed by atoms with van der Waals surface area (Å²) in [5, 5.41) is 21.7. The number of hydrogen-bond acceptors (Lipinski definition) is 0. The Morgan fingerprint density at radius 2 is 0.392 bits per heavy atom. The molecule has 0 saturated carbocycles. The summed E-state index contributed by atoms with van der Waals surface area (Å²) in [5.41, 5.74) is 14.8. The molecular formula is C60H111Cl3Si10Ti. The zero-order chi connectivity index (χ0) is 55.3. The van der Waals surface area contributed by atoms with E-state index < -0.39 is 80.7 Å². The fourth-order valence-corrected chi connectivity index (χ4v) is 54.9. The molecule has 3 aromatic rings. The van der Waals surface area contributed by atoms with Crippen LogP contribution in [0.15, 0.2) is 16.7 Å². The Labute approximate surface area is 504 Å². The van der Waals surface area contributed by atoms with E-state index >= 15 is 0 Å². The first-order chi connectivity index (χ1) is 30.6. The third-order valence-electron chi connectivity index (χ3n) is 16.9. The molecule has 0 heterocycles. The van der Waals surface area contributed by atoms with E-state index in [1.54, 1.807) is 39.0 Å². The van der Waals surface area contributed by atoms with Crippen molar-refractivity contribution in [3.8, 4) is 0 Å². The molecule has 0 nitrogen and oxygen atoms in total. The van der Waals surface area contributed by atoms with Gasteiger partial charge in [-0.05, 0) is 57.1 Å². The maximum Gasteiger partial charge on any atom is 4.00 e. The van der Waals surface area contributed by atoms with Gasteiger partial charge in [-0.2, -0.15) is 11.1 Å². The van der Waals surface area contributed by atoms with Gasteiger partial charge in [0.2, 0.25) is 0 Å². The summed E-state index contributed by atoms with van der Waals surface area (Å²) < 4.78 is 0. The molecule has 74 heavy (non-hydrogen) atoms. The molecule has 0 amide bonds. The van der Waals surface area contributed by atoms with Crippen LogP contribution in [0.2, 0.25) is 182 Å². The maximum absolute atomic E-state index is 4.76. The molecule has 0 radical (unpaired) electrons. The van der Waals surface area contributed by atoms with Crippen LogP contribution in [0, 0.1) is 47.6 Å². The maximum atomic E-state index is 4.76. The molecule has 3 aromatic carbocycles. The van der Waals surface area contributed by atoms with Gasteiger partial charge in [-0.15, -0.1) is 6.92 Å². The van der Waals surface area contributed by atoms with Crippen LogP contribution in [0.5, 0.6) is 0 Å². The molecule has 1 unspecified atom stereocenters. The Balaban J connectivity index is 0.0000133. The molecule has 1 atom stereocenters. The van der Waals surface area contributed by atoms with Gasteiger partial charge in [0, 0.05) is 0 Å². The molecule has 0 fully saturated rings. The zero-order valence-corrected chi connectivity index (χ0v) is 69.0. The first-order valence-electron chi connectivity index (χ1n) is 27.5. The molecule has 0 N–H and O–H groups in total. The molecule has 14 heteroatoms. The molecule has 4 rings (SSSR count). The van der Waals surface area contributed by atoms with E-state index in [0.29, 0.717) is 0 Å². The normalized spacial score (nSPS) is 16.6. The summed E-state index contributed by atoms with van der Waals surface area (Å²) in [6.07, 6.45) is 4.76. The molecule has 0 bridgehead atoms. The zero-order valence-electron chi connectivity index (χ0n) is 55.1. The van der Waals surface area contributed by atoms with Crippen molar-refractivity contribution in [1.29, 1.82) is 0 Å². The fraction of sp³-hybridized carbons (Fsp3) is 0.633. The average Bonchev–Trinajstić information content (AvgIpc) is 3.28. The summed E-state index contributed by atoms with van der Waals surface area (Å²) in [6, 6.07) is 0. The SMILES string of the molecule is CC1=[C-]C(C)([Si](c2c(C)c([Si](C)(C)C)c([Si](C)(C)C)c(C)c2[Si](C)(C)C)(c2c(C)c([Si](C)(C)C)c([Si](C)(C)C)c(C)c2[Si](C)(C)C)c2c(C)c([Si](C)(C)C)c([Si](C)(C)C)c(C)c2[Si](C)(C)C)C(C)=C1C.[Cl-].[Cl-].[Cl-].[Ti+4]. The fourth-order valence-electron chi connectivity index (χ4n) is 15.6. The van der Waals surface area contributed by atoms with Crippen LogP contribution in [-0.4, -0.2) is 80.7 Å². The van der Waals surface area contributed by atoms with Crippen LogP contribution in [0.4, 0.5) is 0 Å². The van der Waals surface area contributed by atoms with Crippen molar-refractivity contribution in [3.05, 3.63) is 56.2 Å².